The van der Waals surface area contributed by atoms with Crippen LogP contribution in [0.5, 0.6) is 11.5 Å². The molecule has 0 bridgehead atoms. The Morgan fingerprint density at radius 2 is 1.66 bits per heavy atom. The molecular formula is C25H41N3O4. The molecule has 0 aliphatic carbocycles. The van der Waals surface area contributed by atoms with E-state index in [2.05, 4.69) is 15.9 Å². The third-order valence-electron chi connectivity index (χ3n) is 6.52. The molecule has 1 amide bonds. The van der Waals surface area contributed by atoms with E-state index in [0.717, 1.165) is 57.8 Å². The molecule has 1 N–H and O–H groups in total. The normalized spacial score (nSPS) is 20.2. The molecule has 2 heterocycles. The minimum atomic E-state index is -0.514. The van der Waals surface area contributed by atoms with Crippen LogP contribution in [0.3, 0.4) is 0 Å². The lowest BCUT2D eigenvalue weighted by molar-refractivity contribution is -0.128. The smallest absolute Gasteiger partial charge is 0.219 e. The van der Waals surface area contributed by atoms with Gasteiger partial charge in [0.15, 0.2) is 11.5 Å². The Labute approximate surface area is 193 Å². The third-order valence-corrected chi connectivity index (χ3v) is 6.52. The van der Waals surface area contributed by atoms with Crippen molar-refractivity contribution >= 4 is 5.91 Å². The molecule has 0 aromatic heterocycles. The molecule has 1 aromatic carbocycles. The second kappa shape index (κ2) is 13.0. The average molecular weight is 448 g/mol. The highest BCUT2D eigenvalue weighted by molar-refractivity contribution is 5.73. The molecule has 0 saturated carbocycles. The Morgan fingerprint density at radius 1 is 0.938 bits per heavy atom. The van der Waals surface area contributed by atoms with E-state index in [1.165, 1.54) is 32.1 Å². The lowest BCUT2D eigenvalue weighted by Gasteiger charge is -2.27. The summed E-state index contributed by atoms with van der Waals surface area (Å²) in [5, 5.41) is 10.5. The largest absolute Gasteiger partial charge is 0.493 e. The van der Waals surface area contributed by atoms with Crippen LogP contribution in [0.4, 0.5) is 0 Å². The number of nitrogens with zero attached hydrogens (tertiary/aromatic N) is 3. The summed E-state index contributed by atoms with van der Waals surface area (Å²) in [6.45, 7) is 8.99. The van der Waals surface area contributed by atoms with Crippen LogP contribution in [-0.4, -0.2) is 91.3 Å². The number of aliphatic hydroxyl groups excluding tert-OH is 1. The molecule has 7 heteroatoms. The van der Waals surface area contributed by atoms with Crippen LogP contribution in [-0.2, 0) is 11.3 Å². The second-order valence-corrected chi connectivity index (χ2v) is 9.15. The van der Waals surface area contributed by atoms with Gasteiger partial charge in [0.05, 0.1) is 7.11 Å². The molecular weight excluding hydrogens is 406 g/mol. The predicted molar refractivity (Wildman–Crippen MR) is 126 cm³/mol. The monoisotopic (exact) mass is 447 g/mol. The summed E-state index contributed by atoms with van der Waals surface area (Å²) in [5.41, 5.74) is 1.16. The quantitative estimate of drug-likeness (QED) is 0.661. The topological polar surface area (TPSA) is 65.5 Å². The summed E-state index contributed by atoms with van der Waals surface area (Å²) in [4.78, 5) is 18.3. The Hall–Kier alpha value is -1.83. The molecule has 2 aliphatic rings. The number of rotatable bonds is 8. The first-order valence-corrected chi connectivity index (χ1v) is 12.2. The number of methoxy groups -OCH3 is 1. The van der Waals surface area contributed by atoms with E-state index >= 15 is 0 Å². The van der Waals surface area contributed by atoms with Crippen LogP contribution >= 0.6 is 0 Å². The maximum Gasteiger partial charge on any atom is 0.219 e. The van der Waals surface area contributed by atoms with Gasteiger partial charge in [0.2, 0.25) is 5.91 Å². The number of benzene rings is 1. The van der Waals surface area contributed by atoms with E-state index in [1.54, 1.807) is 14.0 Å². The zero-order valence-corrected chi connectivity index (χ0v) is 19.9. The van der Waals surface area contributed by atoms with Crippen molar-refractivity contribution in [2.24, 2.45) is 0 Å². The fourth-order valence-electron chi connectivity index (χ4n) is 4.66. The number of carbonyl (C=O) groups is 1. The van der Waals surface area contributed by atoms with Gasteiger partial charge in [-0.25, -0.2) is 0 Å². The number of hydrogen-bond acceptors (Lipinski definition) is 6. The highest BCUT2D eigenvalue weighted by atomic mass is 16.5. The van der Waals surface area contributed by atoms with Crippen molar-refractivity contribution in [3.8, 4) is 11.5 Å². The van der Waals surface area contributed by atoms with Gasteiger partial charge in [0.1, 0.15) is 12.7 Å². The molecule has 2 aliphatic heterocycles. The first-order valence-electron chi connectivity index (χ1n) is 12.2. The number of hydrogen-bond donors (Lipinski definition) is 1. The summed E-state index contributed by atoms with van der Waals surface area (Å²) >= 11 is 0. The Kier molecular flexibility index (Phi) is 10.1. The number of aliphatic hydroxyl groups is 1. The fraction of sp³-hybridized carbons (Fsp3) is 0.720. The Bertz CT molecular complexity index is 706. The van der Waals surface area contributed by atoms with Crippen molar-refractivity contribution in [1.29, 1.82) is 0 Å². The van der Waals surface area contributed by atoms with E-state index in [0.29, 0.717) is 18.0 Å². The van der Waals surface area contributed by atoms with Crippen LogP contribution in [0.1, 0.15) is 51.0 Å². The van der Waals surface area contributed by atoms with Gasteiger partial charge in [-0.2, -0.15) is 0 Å². The van der Waals surface area contributed by atoms with Crippen molar-refractivity contribution < 1.29 is 19.4 Å². The number of ether oxygens (including phenoxy) is 2. The van der Waals surface area contributed by atoms with Crippen LogP contribution in [0.15, 0.2) is 18.2 Å². The van der Waals surface area contributed by atoms with Crippen LogP contribution in [0, 0.1) is 0 Å². The minimum absolute atomic E-state index is 0.156. The molecule has 2 fully saturated rings. The standard InChI is InChI=1S/C25H41N3O4/c1-21(29)28-14-8-13-27(15-16-28)18-22-9-10-24(25(17-22)31-2)32-20-23(30)19-26-11-6-4-3-5-7-12-26/h9-10,17,23,30H,3-8,11-16,18-20H2,1-2H3/t23-/m1/s1. The maximum atomic E-state index is 11.6. The molecule has 180 valence electrons. The van der Waals surface area contributed by atoms with Gasteiger partial charge in [0, 0.05) is 46.2 Å². The van der Waals surface area contributed by atoms with Crippen molar-refractivity contribution in [3.05, 3.63) is 23.8 Å². The molecule has 2 saturated heterocycles. The number of carbonyl (C=O) groups excluding carboxylic acids is 1. The summed E-state index contributed by atoms with van der Waals surface area (Å²) < 4.78 is 11.5. The average Bonchev–Trinajstić information content (AvgIpc) is 3.00. The molecule has 0 spiro atoms. The summed E-state index contributed by atoms with van der Waals surface area (Å²) in [7, 11) is 1.65. The summed E-state index contributed by atoms with van der Waals surface area (Å²) in [5.74, 6) is 1.52. The second-order valence-electron chi connectivity index (χ2n) is 9.15. The van der Waals surface area contributed by atoms with E-state index < -0.39 is 6.10 Å². The first kappa shape index (κ1) is 24.8. The van der Waals surface area contributed by atoms with E-state index in [9.17, 15) is 9.90 Å². The third kappa shape index (κ3) is 7.94. The van der Waals surface area contributed by atoms with Crippen LogP contribution in [0.25, 0.3) is 0 Å². The van der Waals surface area contributed by atoms with E-state index in [4.69, 9.17) is 9.47 Å². The van der Waals surface area contributed by atoms with Gasteiger partial charge in [-0.15, -0.1) is 0 Å². The SMILES string of the molecule is COc1cc(CN2CCCN(C(C)=O)CC2)ccc1OC[C@H](O)CN1CCCCCCC1. The van der Waals surface area contributed by atoms with Crippen molar-refractivity contribution in [1.82, 2.24) is 14.7 Å². The lowest BCUT2D eigenvalue weighted by atomic mass is 10.1. The molecule has 1 aromatic rings. The van der Waals surface area contributed by atoms with Gasteiger partial charge in [-0.3, -0.25) is 9.69 Å². The fourth-order valence-corrected chi connectivity index (χ4v) is 4.66. The molecule has 7 nitrogen and oxygen atoms in total. The molecule has 0 unspecified atom stereocenters. The van der Waals surface area contributed by atoms with E-state index in [1.807, 2.05) is 17.0 Å². The van der Waals surface area contributed by atoms with Gasteiger partial charge in [0.25, 0.3) is 0 Å². The lowest BCUT2D eigenvalue weighted by Crippen LogP contribution is -2.37. The highest BCUT2D eigenvalue weighted by Gasteiger charge is 2.18. The minimum Gasteiger partial charge on any atom is -0.493 e. The zero-order chi connectivity index (χ0) is 22.8. The summed E-state index contributed by atoms with van der Waals surface area (Å²) in [6.07, 6.45) is 6.83. The number of β-amino-alcohol motifs (C(OH)–C–C–N with tert-alkyl or cyclic N) is 1. The van der Waals surface area contributed by atoms with Gasteiger partial charge >= 0.3 is 0 Å². The Balaban J connectivity index is 1.49. The highest BCUT2D eigenvalue weighted by Crippen LogP contribution is 2.29. The van der Waals surface area contributed by atoms with Gasteiger partial charge in [-0.1, -0.05) is 25.3 Å². The maximum absolute atomic E-state index is 11.6. The molecule has 32 heavy (non-hydrogen) atoms. The zero-order valence-electron chi connectivity index (χ0n) is 19.9. The first-order chi connectivity index (χ1) is 15.5. The molecule has 3 rings (SSSR count). The van der Waals surface area contributed by atoms with Crippen molar-refractivity contribution in [2.45, 2.75) is 58.1 Å². The molecule has 1 atom stereocenters. The van der Waals surface area contributed by atoms with Gasteiger partial charge in [-0.05, 0) is 50.0 Å². The Morgan fingerprint density at radius 3 is 2.38 bits per heavy atom. The number of amides is 1. The van der Waals surface area contributed by atoms with Crippen LogP contribution in [0.2, 0.25) is 0 Å². The predicted octanol–water partition coefficient (Wildman–Crippen LogP) is 2.76. The van der Waals surface area contributed by atoms with Crippen molar-refractivity contribution in [2.75, 3.05) is 59.5 Å². The van der Waals surface area contributed by atoms with E-state index in [-0.39, 0.29) is 12.5 Å². The van der Waals surface area contributed by atoms with Crippen molar-refractivity contribution in [3.63, 3.8) is 0 Å². The van der Waals surface area contributed by atoms with Crippen LogP contribution < -0.4 is 9.47 Å². The van der Waals surface area contributed by atoms with Gasteiger partial charge < -0.3 is 24.4 Å². The molecule has 0 radical (unpaired) electrons. The summed E-state index contributed by atoms with van der Waals surface area (Å²) in [6, 6.07) is 6.03. The number of likely N-dealkylation sites (tertiary alicyclic amines) is 1.